The van der Waals surface area contributed by atoms with Gasteiger partial charge >= 0.3 is 5.97 Å². The van der Waals surface area contributed by atoms with Crippen molar-refractivity contribution in [3.63, 3.8) is 0 Å². The molecule has 0 aromatic rings. The van der Waals surface area contributed by atoms with Gasteiger partial charge in [-0.05, 0) is 26.8 Å². The molecule has 0 radical (unpaired) electrons. The quantitative estimate of drug-likeness (QED) is 0.308. The van der Waals surface area contributed by atoms with Gasteiger partial charge in [0.05, 0.1) is 6.61 Å². The first-order valence-corrected chi connectivity index (χ1v) is 5.13. The van der Waals surface area contributed by atoms with E-state index in [0.717, 1.165) is 5.57 Å². The molecule has 0 saturated carbocycles. The van der Waals surface area contributed by atoms with Crippen molar-refractivity contribution < 1.29 is 14.3 Å². The van der Waals surface area contributed by atoms with Gasteiger partial charge in [-0.25, -0.2) is 4.79 Å². The second kappa shape index (κ2) is 6.82. The van der Waals surface area contributed by atoms with Crippen molar-refractivity contribution in [1.82, 2.24) is 4.90 Å². The lowest BCUT2D eigenvalue weighted by Gasteiger charge is -2.09. The van der Waals surface area contributed by atoms with Crippen molar-refractivity contribution in [2.45, 2.75) is 20.8 Å². The summed E-state index contributed by atoms with van der Waals surface area (Å²) in [5.74, 6) is -0.911. The molecule has 0 saturated heterocycles. The number of ketones is 1. The van der Waals surface area contributed by atoms with E-state index in [1.165, 1.54) is 12.3 Å². The van der Waals surface area contributed by atoms with E-state index in [1.54, 1.807) is 39.8 Å². The fraction of sp³-hybridized carbons (Fsp3) is 0.500. The van der Waals surface area contributed by atoms with Crippen LogP contribution in [0.4, 0.5) is 0 Å². The van der Waals surface area contributed by atoms with Crippen molar-refractivity contribution in [1.29, 1.82) is 0 Å². The minimum absolute atomic E-state index is 0.0491. The van der Waals surface area contributed by atoms with Gasteiger partial charge in [0, 0.05) is 20.3 Å². The van der Waals surface area contributed by atoms with Crippen molar-refractivity contribution in [3.8, 4) is 0 Å². The topological polar surface area (TPSA) is 46.6 Å². The van der Waals surface area contributed by atoms with Crippen LogP contribution >= 0.6 is 0 Å². The van der Waals surface area contributed by atoms with E-state index in [2.05, 4.69) is 0 Å². The largest absolute Gasteiger partial charge is 0.462 e. The lowest BCUT2D eigenvalue weighted by molar-refractivity contribution is -0.139. The summed E-state index contributed by atoms with van der Waals surface area (Å²) in [6, 6.07) is 0. The smallest absolute Gasteiger partial charge is 0.343 e. The number of nitrogens with zero attached hydrogens (tertiary/aromatic N) is 1. The van der Waals surface area contributed by atoms with E-state index in [0.29, 0.717) is 0 Å². The Kier molecular flexibility index (Phi) is 6.15. The lowest BCUT2D eigenvalue weighted by atomic mass is 10.1. The zero-order valence-electron chi connectivity index (χ0n) is 10.5. The molecule has 16 heavy (non-hydrogen) atoms. The number of allylic oxidation sites excluding steroid dienone is 2. The SMILES string of the molecule is CCOC(=O)/C(=C\N(C)C)C(=O)C=C(C)C. The van der Waals surface area contributed by atoms with Gasteiger partial charge in [0.1, 0.15) is 5.57 Å². The monoisotopic (exact) mass is 225 g/mol. The standard InChI is InChI=1S/C12H19NO3/c1-6-16-12(15)10(8-13(4)5)11(14)7-9(2)3/h7-8H,6H2,1-5H3/b10-8-. The maximum absolute atomic E-state index is 11.7. The summed E-state index contributed by atoms with van der Waals surface area (Å²) >= 11 is 0. The van der Waals surface area contributed by atoms with Crippen LogP contribution in [0, 0.1) is 0 Å². The van der Waals surface area contributed by atoms with Crippen LogP contribution in [-0.2, 0) is 14.3 Å². The summed E-state index contributed by atoms with van der Waals surface area (Å²) in [5.41, 5.74) is 0.895. The molecule has 0 aromatic heterocycles. The predicted octanol–water partition coefficient (Wildman–Crippen LogP) is 1.53. The van der Waals surface area contributed by atoms with Gasteiger partial charge < -0.3 is 9.64 Å². The molecule has 0 atom stereocenters. The average molecular weight is 225 g/mol. The molecule has 0 N–H and O–H groups in total. The highest BCUT2D eigenvalue weighted by molar-refractivity contribution is 6.21. The molecular weight excluding hydrogens is 206 g/mol. The molecule has 0 bridgehead atoms. The Balaban J connectivity index is 5.03. The summed E-state index contributed by atoms with van der Waals surface area (Å²) in [6.07, 6.45) is 2.89. The fourth-order valence-corrected chi connectivity index (χ4v) is 1.02. The number of carbonyl (C=O) groups is 2. The van der Waals surface area contributed by atoms with Gasteiger partial charge in [-0.15, -0.1) is 0 Å². The fourth-order valence-electron chi connectivity index (χ4n) is 1.02. The maximum atomic E-state index is 11.7. The summed E-state index contributed by atoms with van der Waals surface area (Å²) in [6.45, 7) is 5.56. The first kappa shape index (κ1) is 14.4. The van der Waals surface area contributed by atoms with E-state index in [1.807, 2.05) is 0 Å². The molecule has 4 heteroatoms. The summed E-state index contributed by atoms with van der Waals surface area (Å²) < 4.78 is 4.82. The normalized spacial score (nSPS) is 10.7. The Bertz CT molecular complexity index is 323. The average Bonchev–Trinajstić information content (AvgIpc) is 2.12. The third-order valence-electron chi connectivity index (χ3n) is 1.57. The highest BCUT2D eigenvalue weighted by Crippen LogP contribution is 2.05. The molecule has 0 aliphatic carbocycles. The number of ether oxygens (including phenoxy) is 1. The Morgan fingerprint density at radius 1 is 1.25 bits per heavy atom. The van der Waals surface area contributed by atoms with Gasteiger partial charge in [0.25, 0.3) is 0 Å². The van der Waals surface area contributed by atoms with Gasteiger partial charge in [-0.2, -0.15) is 0 Å². The molecule has 0 amide bonds. The van der Waals surface area contributed by atoms with E-state index in [9.17, 15) is 9.59 Å². The maximum Gasteiger partial charge on any atom is 0.343 e. The Hall–Kier alpha value is -1.58. The van der Waals surface area contributed by atoms with Gasteiger partial charge in [0.15, 0.2) is 5.78 Å². The van der Waals surface area contributed by atoms with Crippen molar-refractivity contribution >= 4 is 11.8 Å². The molecule has 0 spiro atoms. The zero-order chi connectivity index (χ0) is 12.7. The van der Waals surface area contributed by atoms with Crippen molar-refractivity contribution in [3.05, 3.63) is 23.4 Å². The lowest BCUT2D eigenvalue weighted by Crippen LogP contribution is -2.18. The zero-order valence-corrected chi connectivity index (χ0v) is 10.5. The molecule has 0 aliphatic rings. The third kappa shape index (κ3) is 5.34. The number of hydrogen-bond acceptors (Lipinski definition) is 4. The molecule has 0 fully saturated rings. The van der Waals surface area contributed by atoms with Crippen LogP contribution in [0.15, 0.2) is 23.4 Å². The minimum Gasteiger partial charge on any atom is -0.462 e. The first-order chi connectivity index (χ1) is 7.38. The summed E-state index contributed by atoms with van der Waals surface area (Å²) in [7, 11) is 3.49. The highest BCUT2D eigenvalue weighted by atomic mass is 16.5. The minimum atomic E-state index is -0.585. The Morgan fingerprint density at radius 2 is 1.81 bits per heavy atom. The van der Waals surface area contributed by atoms with Crippen LogP contribution in [0.1, 0.15) is 20.8 Å². The number of hydrogen-bond donors (Lipinski definition) is 0. The van der Waals surface area contributed by atoms with Crippen LogP contribution in [0.2, 0.25) is 0 Å². The molecule has 0 rings (SSSR count). The third-order valence-corrected chi connectivity index (χ3v) is 1.57. The molecule has 0 unspecified atom stereocenters. The second-order valence-electron chi connectivity index (χ2n) is 3.81. The molecular formula is C12H19NO3. The van der Waals surface area contributed by atoms with Crippen LogP contribution in [0.5, 0.6) is 0 Å². The number of carbonyl (C=O) groups excluding carboxylic acids is 2. The van der Waals surface area contributed by atoms with E-state index < -0.39 is 5.97 Å². The van der Waals surface area contributed by atoms with E-state index in [4.69, 9.17) is 4.74 Å². The number of rotatable bonds is 5. The molecule has 0 aromatic carbocycles. The first-order valence-electron chi connectivity index (χ1n) is 5.13. The molecule has 4 nitrogen and oxygen atoms in total. The second-order valence-corrected chi connectivity index (χ2v) is 3.81. The van der Waals surface area contributed by atoms with E-state index >= 15 is 0 Å². The molecule has 0 heterocycles. The van der Waals surface area contributed by atoms with Crippen molar-refractivity contribution in [2.75, 3.05) is 20.7 Å². The molecule has 0 aliphatic heterocycles. The highest BCUT2D eigenvalue weighted by Gasteiger charge is 2.17. The van der Waals surface area contributed by atoms with Crippen LogP contribution < -0.4 is 0 Å². The summed E-state index contributed by atoms with van der Waals surface area (Å²) in [4.78, 5) is 24.9. The van der Waals surface area contributed by atoms with Crippen LogP contribution in [0.3, 0.4) is 0 Å². The Morgan fingerprint density at radius 3 is 2.19 bits per heavy atom. The van der Waals surface area contributed by atoms with Gasteiger partial charge in [-0.3, -0.25) is 4.79 Å². The number of esters is 1. The van der Waals surface area contributed by atoms with Gasteiger partial charge in [-0.1, -0.05) is 5.57 Å². The van der Waals surface area contributed by atoms with E-state index in [-0.39, 0.29) is 18.0 Å². The Labute approximate surface area is 96.6 Å². The van der Waals surface area contributed by atoms with Crippen LogP contribution in [-0.4, -0.2) is 37.4 Å². The summed E-state index contributed by atoms with van der Waals surface area (Å²) in [5, 5.41) is 0. The van der Waals surface area contributed by atoms with Crippen molar-refractivity contribution in [2.24, 2.45) is 0 Å². The molecule has 90 valence electrons. The van der Waals surface area contributed by atoms with Gasteiger partial charge in [0.2, 0.25) is 0 Å². The predicted molar refractivity (Wildman–Crippen MR) is 62.8 cm³/mol. The van der Waals surface area contributed by atoms with Crippen LogP contribution in [0.25, 0.3) is 0 Å².